The molecule has 8 heteroatoms. The van der Waals surface area contributed by atoms with Crippen molar-refractivity contribution in [2.75, 3.05) is 6.61 Å². The van der Waals surface area contributed by atoms with E-state index in [4.69, 9.17) is 32.7 Å². The third kappa shape index (κ3) is 5.97. The lowest BCUT2D eigenvalue weighted by atomic mass is 10.1. The molecule has 0 bridgehead atoms. The number of ether oxygens (including phenoxy) is 2. The Morgan fingerprint density at radius 3 is 2.32 bits per heavy atom. The van der Waals surface area contributed by atoms with Crippen LogP contribution < -0.4 is 0 Å². The Balaban J connectivity index is 2.12. The molecule has 0 spiro atoms. The van der Waals surface area contributed by atoms with Crippen molar-refractivity contribution in [2.45, 2.75) is 46.1 Å². The molecule has 0 amide bonds. The van der Waals surface area contributed by atoms with Crippen LogP contribution in [0.15, 0.2) is 18.2 Å². The topological polar surface area (TPSA) is 70.4 Å². The Morgan fingerprint density at radius 2 is 1.79 bits per heavy atom. The Morgan fingerprint density at radius 1 is 1.14 bits per heavy atom. The first kappa shape index (κ1) is 22.2. The minimum absolute atomic E-state index is 0.110. The summed E-state index contributed by atoms with van der Waals surface area (Å²) in [5, 5.41) is 5.14. The highest BCUT2D eigenvalue weighted by atomic mass is 35.5. The summed E-state index contributed by atoms with van der Waals surface area (Å²) in [6.07, 6.45) is -0.256. The van der Waals surface area contributed by atoms with Crippen molar-refractivity contribution in [3.63, 3.8) is 0 Å². The first-order chi connectivity index (χ1) is 13.2. The molecule has 2 rings (SSSR count). The summed E-state index contributed by atoms with van der Waals surface area (Å²) in [5.41, 5.74) is 3.47. The number of benzene rings is 1. The molecule has 0 N–H and O–H groups in total. The minimum atomic E-state index is -0.821. The maximum absolute atomic E-state index is 12.5. The number of aryl methyl sites for hydroxylation is 2. The van der Waals surface area contributed by atoms with E-state index in [1.165, 1.54) is 0 Å². The van der Waals surface area contributed by atoms with Gasteiger partial charge >= 0.3 is 11.9 Å². The van der Waals surface area contributed by atoms with Gasteiger partial charge in [-0.05, 0) is 56.5 Å². The van der Waals surface area contributed by atoms with Crippen LogP contribution in [0.2, 0.25) is 10.0 Å². The molecule has 1 heterocycles. The Labute approximate surface area is 174 Å². The van der Waals surface area contributed by atoms with Crippen LogP contribution in [0.1, 0.15) is 48.4 Å². The van der Waals surface area contributed by atoms with Gasteiger partial charge in [0.2, 0.25) is 0 Å². The molecule has 0 fully saturated rings. The highest BCUT2D eigenvalue weighted by Crippen LogP contribution is 2.29. The van der Waals surface area contributed by atoms with Crippen molar-refractivity contribution in [1.82, 2.24) is 9.78 Å². The lowest BCUT2D eigenvalue weighted by Crippen LogP contribution is -2.17. The molecule has 1 atom stereocenters. The largest absolute Gasteiger partial charge is 0.466 e. The summed E-state index contributed by atoms with van der Waals surface area (Å²) < 4.78 is 12.4. The molecule has 0 aliphatic carbocycles. The predicted molar refractivity (Wildman–Crippen MR) is 108 cm³/mol. The quantitative estimate of drug-likeness (QED) is 0.580. The van der Waals surface area contributed by atoms with E-state index in [9.17, 15) is 9.59 Å². The highest BCUT2D eigenvalue weighted by Gasteiger charge is 2.23. The predicted octanol–water partition coefficient (Wildman–Crippen LogP) is 4.51. The number of carbonyl (C=O) groups is 2. The number of esters is 2. The molecule has 0 saturated carbocycles. The maximum Gasteiger partial charge on any atom is 0.309 e. The number of aromatic nitrogens is 2. The number of halogens is 2. The second-order valence-corrected chi connectivity index (χ2v) is 7.34. The van der Waals surface area contributed by atoms with E-state index in [0.29, 0.717) is 22.0 Å². The summed E-state index contributed by atoms with van der Waals surface area (Å²) in [6, 6.07) is 4.82. The average Bonchev–Trinajstić information content (AvgIpc) is 2.84. The normalized spacial score (nSPS) is 11.9. The molecule has 0 aliphatic rings. The van der Waals surface area contributed by atoms with E-state index in [-0.39, 0.29) is 19.4 Å². The van der Waals surface area contributed by atoms with Crippen molar-refractivity contribution in [2.24, 2.45) is 7.05 Å². The molecular formula is C20H24Cl2N2O4. The summed E-state index contributed by atoms with van der Waals surface area (Å²) >= 11 is 12.1. The average molecular weight is 427 g/mol. The van der Waals surface area contributed by atoms with Gasteiger partial charge in [-0.2, -0.15) is 5.10 Å². The van der Waals surface area contributed by atoms with E-state index >= 15 is 0 Å². The third-order valence-electron chi connectivity index (χ3n) is 4.43. The number of nitrogens with zero attached hydrogens (tertiary/aromatic N) is 2. The summed E-state index contributed by atoms with van der Waals surface area (Å²) in [6.45, 7) is 5.83. The van der Waals surface area contributed by atoms with Crippen LogP contribution in [0.25, 0.3) is 0 Å². The standard InChI is InChI=1S/C20H24Cl2N2O4/c1-5-27-20(26)11-18(14-8-15(21)10-16(22)9-14)28-19(25)7-6-17-12(2)23-24(4)13(17)3/h8-10,18H,5-7,11H2,1-4H3/t18-/m0/s1. The second kappa shape index (κ2) is 9.94. The maximum atomic E-state index is 12.5. The molecule has 1 aromatic carbocycles. The number of carbonyl (C=O) groups excluding carboxylic acids is 2. The molecule has 152 valence electrons. The van der Waals surface area contributed by atoms with Gasteiger partial charge in [0, 0.05) is 29.2 Å². The van der Waals surface area contributed by atoms with Crippen LogP contribution in [0.3, 0.4) is 0 Å². The lowest BCUT2D eigenvalue weighted by Gasteiger charge is -2.18. The van der Waals surface area contributed by atoms with E-state index in [2.05, 4.69) is 5.10 Å². The highest BCUT2D eigenvalue weighted by molar-refractivity contribution is 6.34. The van der Waals surface area contributed by atoms with Gasteiger partial charge in [-0.25, -0.2) is 0 Å². The van der Waals surface area contributed by atoms with Gasteiger partial charge in [0.1, 0.15) is 6.10 Å². The molecular weight excluding hydrogens is 403 g/mol. The molecule has 0 unspecified atom stereocenters. The van der Waals surface area contributed by atoms with Gasteiger partial charge in [0.25, 0.3) is 0 Å². The van der Waals surface area contributed by atoms with E-state index < -0.39 is 18.0 Å². The Kier molecular flexibility index (Phi) is 7.89. The number of hydrogen-bond donors (Lipinski definition) is 0. The van der Waals surface area contributed by atoms with Crippen molar-refractivity contribution in [3.05, 3.63) is 50.8 Å². The van der Waals surface area contributed by atoms with Gasteiger partial charge in [0.15, 0.2) is 0 Å². The van der Waals surface area contributed by atoms with Crippen LogP contribution in [0, 0.1) is 13.8 Å². The molecule has 0 saturated heterocycles. The fourth-order valence-corrected chi connectivity index (χ4v) is 3.53. The van der Waals surface area contributed by atoms with Gasteiger partial charge in [-0.15, -0.1) is 0 Å². The molecule has 2 aromatic rings. The van der Waals surface area contributed by atoms with Crippen LogP contribution in [-0.4, -0.2) is 28.3 Å². The molecule has 1 aromatic heterocycles. The zero-order valence-corrected chi connectivity index (χ0v) is 17.9. The van der Waals surface area contributed by atoms with Crippen molar-refractivity contribution in [1.29, 1.82) is 0 Å². The van der Waals surface area contributed by atoms with Crippen LogP contribution in [0.4, 0.5) is 0 Å². The molecule has 0 aliphatic heterocycles. The van der Waals surface area contributed by atoms with Gasteiger partial charge in [-0.1, -0.05) is 23.2 Å². The number of hydrogen-bond acceptors (Lipinski definition) is 5. The summed E-state index contributed by atoms with van der Waals surface area (Å²) in [7, 11) is 1.86. The fraction of sp³-hybridized carbons (Fsp3) is 0.450. The zero-order valence-electron chi connectivity index (χ0n) is 16.4. The van der Waals surface area contributed by atoms with Gasteiger partial charge in [0.05, 0.1) is 18.7 Å². The first-order valence-electron chi connectivity index (χ1n) is 9.01. The Hall–Kier alpha value is -2.05. The molecule has 28 heavy (non-hydrogen) atoms. The monoisotopic (exact) mass is 426 g/mol. The number of rotatable bonds is 8. The van der Waals surface area contributed by atoms with Crippen LogP contribution in [-0.2, 0) is 32.5 Å². The zero-order chi connectivity index (χ0) is 20.8. The van der Waals surface area contributed by atoms with E-state index in [1.807, 2.05) is 20.9 Å². The lowest BCUT2D eigenvalue weighted by molar-refractivity contribution is -0.155. The van der Waals surface area contributed by atoms with E-state index in [0.717, 1.165) is 17.0 Å². The molecule has 0 radical (unpaired) electrons. The minimum Gasteiger partial charge on any atom is -0.466 e. The van der Waals surface area contributed by atoms with Crippen LogP contribution >= 0.6 is 23.2 Å². The van der Waals surface area contributed by atoms with Crippen molar-refractivity contribution in [3.8, 4) is 0 Å². The summed E-state index contributed by atoms with van der Waals surface area (Å²) in [4.78, 5) is 24.4. The second-order valence-electron chi connectivity index (χ2n) is 6.46. The van der Waals surface area contributed by atoms with E-state index in [1.54, 1.807) is 29.8 Å². The fourth-order valence-electron chi connectivity index (χ4n) is 2.98. The van der Waals surface area contributed by atoms with Crippen LogP contribution in [0.5, 0.6) is 0 Å². The van der Waals surface area contributed by atoms with Gasteiger partial charge in [-0.3, -0.25) is 14.3 Å². The SMILES string of the molecule is CCOC(=O)C[C@H](OC(=O)CCc1c(C)nn(C)c1C)c1cc(Cl)cc(Cl)c1. The molecule has 6 nitrogen and oxygen atoms in total. The summed E-state index contributed by atoms with van der Waals surface area (Å²) in [5.74, 6) is -0.886. The first-order valence-corrected chi connectivity index (χ1v) is 9.77. The Bertz CT molecular complexity index is 844. The van der Waals surface area contributed by atoms with Crippen molar-refractivity contribution >= 4 is 35.1 Å². The van der Waals surface area contributed by atoms with Gasteiger partial charge < -0.3 is 9.47 Å². The van der Waals surface area contributed by atoms with Crippen molar-refractivity contribution < 1.29 is 19.1 Å². The third-order valence-corrected chi connectivity index (χ3v) is 4.86. The smallest absolute Gasteiger partial charge is 0.309 e.